The minimum Gasteiger partial charge on any atom is -0.480 e. The molecule has 5 N–H and O–H groups in total. The van der Waals surface area contributed by atoms with E-state index >= 15 is 0 Å². The molecule has 0 spiro atoms. The summed E-state index contributed by atoms with van der Waals surface area (Å²) >= 11 is 0. The van der Waals surface area contributed by atoms with Gasteiger partial charge in [-0.15, -0.1) is 0 Å². The monoisotopic (exact) mass is 357 g/mol. The molecule has 0 fully saturated rings. The Kier molecular flexibility index (Phi) is 14.8. The second-order valence-electron chi connectivity index (χ2n) is 6.39. The van der Waals surface area contributed by atoms with Crippen LogP contribution in [0, 0.1) is 0 Å². The lowest BCUT2D eigenvalue weighted by molar-refractivity contribution is -0.142. The molecule has 0 unspecified atom stereocenters. The van der Waals surface area contributed by atoms with Gasteiger partial charge >= 0.3 is 5.97 Å². The summed E-state index contributed by atoms with van der Waals surface area (Å²) in [5.74, 6) is -1.72. The Balaban J connectivity index is 3.80. The van der Waals surface area contributed by atoms with Crippen LogP contribution in [0.4, 0.5) is 0 Å². The molecule has 0 saturated carbocycles. The number of carbonyl (C=O) groups excluding carboxylic acids is 2. The number of carbonyl (C=O) groups is 3. The van der Waals surface area contributed by atoms with Crippen molar-refractivity contribution in [3.63, 3.8) is 0 Å². The Morgan fingerprint density at radius 2 is 1.56 bits per heavy atom. The molecule has 146 valence electrons. The number of nitrogens with two attached hydrogens (primary N) is 1. The maximum atomic E-state index is 11.8. The fourth-order valence-electron chi connectivity index (χ4n) is 2.51. The van der Waals surface area contributed by atoms with Crippen LogP contribution in [0.2, 0.25) is 0 Å². The highest BCUT2D eigenvalue weighted by atomic mass is 16.4. The Labute approximate surface area is 151 Å². The Morgan fingerprint density at radius 3 is 2.16 bits per heavy atom. The fourth-order valence-corrected chi connectivity index (χ4v) is 2.51. The van der Waals surface area contributed by atoms with E-state index in [2.05, 4.69) is 17.6 Å². The first-order valence-corrected chi connectivity index (χ1v) is 9.50. The number of unbranched alkanes of at least 4 members (excludes halogenated alkanes) is 7. The minimum absolute atomic E-state index is 0.168. The number of hydrogen-bond donors (Lipinski definition) is 4. The van der Waals surface area contributed by atoms with E-state index in [1.54, 1.807) is 0 Å². The van der Waals surface area contributed by atoms with Gasteiger partial charge in [0.25, 0.3) is 0 Å². The molecule has 7 heteroatoms. The number of amides is 2. The molecule has 0 saturated heterocycles. The van der Waals surface area contributed by atoms with Crippen LogP contribution in [0.3, 0.4) is 0 Å². The normalized spacial score (nSPS) is 11.8. The topological polar surface area (TPSA) is 122 Å². The molecule has 0 heterocycles. The highest BCUT2D eigenvalue weighted by Crippen LogP contribution is 2.08. The third-order valence-corrected chi connectivity index (χ3v) is 4.03. The van der Waals surface area contributed by atoms with E-state index in [1.165, 1.54) is 25.7 Å². The van der Waals surface area contributed by atoms with Crippen LogP contribution in [-0.2, 0) is 14.4 Å². The first-order chi connectivity index (χ1) is 12.0. The van der Waals surface area contributed by atoms with E-state index in [0.29, 0.717) is 25.8 Å². The van der Waals surface area contributed by atoms with Gasteiger partial charge in [0.2, 0.25) is 11.8 Å². The number of hydrogen-bond acceptors (Lipinski definition) is 4. The molecule has 0 aliphatic carbocycles. The van der Waals surface area contributed by atoms with Gasteiger partial charge in [-0.05, 0) is 32.2 Å². The van der Waals surface area contributed by atoms with Crippen LogP contribution in [0.25, 0.3) is 0 Å². The number of nitrogens with one attached hydrogen (secondary N) is 2. The minimum atomic E-state index is -1.07. The quantitative estimate of drug-likeness (QED) is 0.315. The molecule has 25 heavy (non-hydrogen) atoms. The lowest BCUT2D eigenvalue weighted by atomic mass is 10.1. The molecule has 7 nitrogen and oxygen atoms in total. The highest BCUT2D eigenvalue weighted by Gasteiger charge is 2.19. The zero-order valence-corrected chi connectivity index (χ0v) is 15.5. The SMILES string of the molecule is CCCCCCCCCC(=O)NCC(=O)N[C@@H](CCCCN)C(=O)O. The van der Waals surface area contributed by atoms with E-state index in [9.17, 15) is 14.4 Å². The molecular weight excluding hydrogens is 322 g/mol. The van der Waals surface area contributed by atoms with Gasteiger partial charge in [-0.1, -0.05) is 45.4 Å². The van der Waals surface area contributed by atoms with Crippen LogP contribution in [-0.4, -0.2) is 42.0 Å². The van der Waals surface area contributed by atoms with Crippen molar-refractivity contribution in [2.45, 2.75) is 83.6 Å². The average Bonchev–Trinajstić information content (AvgIpc) is 2.58. The van der Waals surface area contributed by atoms with Gasteiger partial charge in [0.1, 0.15) is 6.04 Å². The summed E-state index contributed by atoms with van der Waals surface area (Å²) in [6, 6.07) is -0.931. The molecule has 0 rings (SSSR count). The van der Waals surface area contributed by atoms with E-state index in [-0.39, 0.29) is 12.5 Å². The van der Waals surface area contributed by atoms with Gasteiger partial charge in [0.05, 0.1) is 6.54 Å². The summed E-state index contributed by atoms with van der Waals surface area (Å²) in [5, 5.41) is 14.1. The molecule has 0 radical (unpaired) electrons. The molecule has 0 bridgehead atoms. The lowest BCUT2D eigenvalue weighted by Crippen LogP contribution is -2.45. The standard InChI is InChI=1S/C18H35N3O4/c1-2-3-4-5-6-7-8-12-16(22)20-14-17(23)21-15(18(24)25)11-9-10-13-19/h15H,2-14,19H2,1H3,(H,20,22)(H,21,23)(H,24,25)/t15-/m0/s1. The Bertz CT molecular complexity index is 389. The number of carboxylic acid groups (broad SMARTS) is 1. The van der Waals surface area contributed by atoms with Gasteiger partial charge in [-0.2, -0.15) is 0 Å². The predicted molar refractivity (Wildman–Crippen MR) is 98.1 cm³/mol. The molecule has 2 amide bonds. The summed E-state index contributed by atoms with van der Waals surface area (Å²) in [4.78, 5) is 34.6. The largest absolute Gasteiger partial charge is 0.480 e. The number of rotatable bonds is 16. The van der Waals surface area contributed by atoms with Crippen molar-refractivity contribution in [2.75, 3.05) is 13.1 Å². The summed E-state index contributed by atoms with van der Waals surface area (Å²) in [7, 11) is 0. The van der Waals surface area contributed by atoms with Crippen molar-refractivity contribution >= 4 is 17.8 Å². The van der Waals surface area contributed by atoms with Crippen molar-refractivity contribution in [1.29, 1.82) is 0 Å². The van der Waals surface area contributed by atoms with Gasteiger partial charge in [0.15, 0.2) is 0 Å². The van der Waals surface area contributed by atoms with Crippen LogP contribution in [0.1, 0.15) is 77.6 Å². The third-order valence-electron chi connectivity index (χ3n) is 4.03. The van der Waals surface area contributed by atoms with Crippen molar-refractivity contribution in [3.05, 3.63) is 0 Å². The zero-order valence-electron chi connectivity index (χ0n) is 15.5. The van der Waals surface area contributed by atoms with Gasteiger partial charge in [-0.25, -0.2) is 4.79 Å². The predicted octanol–water partition coefficient (Wildman–Crippen LogP) is 1.94. The van der Waals surface area contributed by atoms with Crippen LogP contribution in [0.15, 0.2) is 0 Å². The smallest absolute Gasteiger partial charge is 0.326 e. The summed E-state index contributed by atoms with van der Waals surface area (Å²) in [5.41, 5.74) is 5.37. The summed E-state index contributed by atoms with van der Waals surface area (Å²) in [6.07, 6.45) is 10.0. The van der Waals surface area contributed by atoms with Crippen LogP contribution < -0.4 is 16.4 Å². The second-order valence-corrected chi connectivity index (χ2v) is 6.39. The maximum Gasteiger partial charge on any atom is 0.326 e. The molecule has 0 aromatic carbocycles. The summed E-state index contributed by atoms with van der Waals surface area (Å²) < 4.78 is 0. The van der Waals surface area contributed by atoms with E-state index < -0.39 is 17.9 Å². The fraction of sp³-hybridized carbons (Fsp3) is 0.833. The van der Waals surface area contributed by atoms with Crippen molar-refractivity contribution in [3.8, 4) is 0 Å². The average molecular weight is 357 g/mol. The first-order valence-electron chi connectivity index (χ1n) is 9.50. The van der Waals surface area contributed by atoms with Crippen LogP contribution in [0.5, 0.6) is 0 Å². The maximum absolute atomic E-state index is 11.8. The van der Waals surface area contributed by atoms with Crippen molar-refractivity contribution in [2.24, 2.45) is 5.73 Å². The van der Waals surface area contributed by atoms with Gasteiger partial charge in [0, 0.05) is 6.42 Å². The second kappa shape index (κ2) is 15.9. The van der Waals surface area contributed by atoms with E-state index in [1.807, 2.05) is 0 Å². The molecule has 0 aromatic rings. The Hall–Kier alpha value is -1.63. The van der Waals surface area contributed by atoms with Crippen molar-refractivity contribution in [1.82, 2.24) is 10.6 Å². The van der Waals surface area contributed by atoms with E-state index in [4.69, 9.17) is 10.8 Å². The van der Waals surface area contributed by atoms with E-state index in [0.717, 1.165) is 25.7 Å². The highest BCUT2D eigenvalue weighted by molar-refractivity contribution is 5.87. The number of aliphatic carboxylic acids is 1. The zero-order chi connectivity index (χ0) is 18.9. The van der Waals surface area contributed by atoms with Gasteiger partial charge < -0.3 is 21.5 Å². The molecule has 0 aliphatic heterocycles. The molecule has 1 atom stereocenters. The molecular formula is C18H35N3O4. The Morgan fingerprint density at radius 1 is 0.920 bits per heavy atom. The molecule has 0 aliphatic rings. The molecule has 0 aromatic heterocycles. The van der Waals surface area contributed by atoms with Gasteiger partial charge in [-0.3, -0.25) is 9.59 Å². The number of carboxylic acids is 1. The third kappa shape index (κ3) is 14.4. The first kappa shape index (κ1) is 23.4. The van der Waals surface area contributed by atoms with Crippen LogP contribution >= 0.6 is 0 Å². The van der Waals surface area contributed by atoms with Crippen molar-refractivity contribution < 1.29 is 19.5 Å². The summed E-state index contributed by atoms with van der Waals surface area (Å²) in [6.45, 7) is 2.49. The lowest BCUT2D eigenvalue weighted by Gasteiger charge is -2.14.